The second kappa shape index (κ2) is 6.89. The molecule has 0 bridgehead atoms. The van der Waals surface area contributed by atoms with Crippen molar-refractivity contribution in [2.24, 2.45) is 0 Å². The third-order valence-electron chi connectivity index (χ3n) is 4.14. The van der Waals surface area contributed by atoms with E-state index in [0.29, 0.717) is 18.7 Å². The molecule has 1 fully saturated rings. The van der Waals surface area contributed by atoms with Gasteiger partial charge in [0.05, 0.1) is 10.5 Å². The molecule has 0 atom stereocenters. The predicted molar refractivity (Wildman–Crippen MR) is 90.0 cm³/mol. The molecule has 25 heavy (non-hydrogen) atoms. The molecule has 1 aliphatic heterocycles. The number of hydrogen-bond donors (Lipinski definition) is 0. The molecule has 1 aliphatic rings. The zero-order chi connectivity index (χ0) is 18.0. The van der Waals surface area contributed by atoms with Gasteiger partial charge in [-0.3, -0.25) is 9.78 Å². The van der Waals surface area contributed by atoms with Crippen molar-refractivity contribution in [1.29, 1.82) is 0 Å². The number of carbonyl (C=O) groups is 1. The number of benzene rings is 1. The number of nitrogens with zero attached hydrogens (tertiary/aromatic N) is 3. The fourth-order valence-electron chi connectivity index (χ4n) is 2.66. The first-order valence-electron chi connectivity index (χ1n) is 7.85. The first-order valence-corrected chi connectivity index (χ1v) is 9.29. The van der Waals surface area contributed by atoms with Crippen molar-refractivity contribution < 1.29 is 17.6 Å². The summed E-state index contributed by atoms with van der Waals surface area (Å²) in [6, 6.07) is 8.23. The van der Waals surface area contributed by atoms with Gasteiger partial charge in [0.15, 0.2) is 0 Å². The molecule has 8 heteroatoms. The lowest BCUT2D eigenvalue weighted by molar-refractivity contribution is 0.0697. The van der Waals surface area contributed by atoms with E-state index in [1.807, 2.05) is 6.92 Å². The summed E-state index contributed by atoms with van der Waals surface area (Å²) in [4.78, 5) is 18.2. The van der Waals surface area contributed by atoms with E-state index in [-0.39, 0.29) is 23.9 Å². The number of carbonyl (C=O) groups excluding carboxylic acids is 1. The molecule has 1 saturated heterocycles. The van der Waals surface area contributed by atoms with Crippen LogP contribution >= 0.6 is 0 Å². The molecule has 0 aliphatic carbocycles. The Morgan fingerprint density at radius 3 is 2.24 bits per heavy atom. The molecule has 0 spiro atoms. The summed E-state index contributed by atoms with van der Waals surface area (Å²) in [5.74, 6) is -0.646. The zero-order valence-corrected chi connectivity index (χ0v) is 14.5. The van der Waals surface area contributed by atoms with Crippen LogP contribution < -0.4 is 0 Å². The first kappa shape index (κ1) is 17.5. The minimum absolute atomic E-state index is 0.0522. The number of halogens is 1. The number of aromatic nitrogens is 1. The Morgan fingerprint density at radius 1 is 1.04 bits per heavy atom. The van der Waals surface area contributed by atoms with Gasteiger partial charge >= 0.3 is 0 Å². The number of pyridine rings is 1. The fraction of sp³-hybridized carbons (Fsp3) is 0.294. The van der Waals surface area contributed by atoms with Gasteiger partial charge < -0.3 is 4.90 Å². The Hall–Kier alpha value is -2.32. The van der Waals surface area contributed by atoms with Gasteiger partial charge in [-0.2, -0.15) is 4.31 Å². The minimum Gasteiger partial charge on any atom is -0.336 e. The summed E-state index contributed by atoms with van der Waals surface area (Å²) in [6.45, 7) is 2.84. The summed E-state index contributed by atoms with van der Waals surface area (Å²) < 4.78 is 39.4. The molecule has 2 aromatic rings. The SMILES string of the molecule is Cc1ccc(C(=O)N2CCN(S(=O)(=O)c3ccc(F)cc3)CC2)cn1. The summed E-state index contributed by atoms with van der Waals surface area (Å²) in [5.41, 5.74) is 1.31. The average molecular weight is 363 g/mol. The van der Waals surface area contributed by atoms with Crippen LogP contribution in [0.5, 0.6) is 0 Å². The van der Waals surface area contributed by atoms with Crippen LogP contribution in [0.1, 0.15) is 16.1 Å². The average Bonchev–Trinajstić information content (AvgIpc) is 2.62. The maximum Gasteiger partial charge on any atom is 0.255 e. The van der Waals surface area contributed by atoms with Gasteiger partial charge in [-0.25, -0.2) is 12.8 Å². The number of sulfonamides is 1. The molecular weight excluding hydrogens is 345 g/mol. The van der Waals surface area contributed by atoms with Crippen LogP contribution in [0, 0.1) is 12.7 Å². The molecule has 3 rings (SSSR count). The Balaban J connectivity index is 1.68. The third kappa shape index (κ3) is 3.69. The number of aryl methyl sites for hydroxylation is 1. The lowest BCUT2D eigenvalue weighted by atomic mass is 10.2. The minimum atomic E-state index is -3.68. The van der Waals surface area contributed by atoms with Crippen LogP contribution in [-0.4, -0.2) is 54.7 Å². The van der Waals surface area contributed by atoms with E-state index >= 15 is 0 Å². The molecule has 6 nitrogen and oxygen atoms in total. The highest BCUT2D eigenvalue weighted by molar-refractivity contribution is 7.89. The number of hydrogen-bond acceptors (Lipinski definition) is 4. The molecule has 1 amide bonds. The highest BCUT2D eigenvalue weighted by Gasteiger charge is 2.30. The Morgan fingerprint density at radius 2 is 1.68 bits per heavy atom. The highest BCUT2D eigenvalue weighted by Crippen LogP contribution is 2.18. The number of rotatable bonds is 3. The van der Waals surface area contributed by atoms with Crippen LogP contribution in [0.4, 0.5) is 4.39 Å². The fourth-order valence-corrected chi connectivity index (χ4v) is 4.09. The first-order chi connectivity index (χ1) is 11.9. The van der Waals surface area contributed by atoms with Crippen molar-refractivity contribution in [3.05, 3.63) is 59.7 Å². The van der Waals surface area contributed by atoms with Gasteiger partial charge in [0, 0.05) is 38.1 Å². The van der Waals surface area contributed by atoms with Gasteiger partial charge in [-0.15, -0.1) is 0 Å². The molecule has 0 radical (unpaired) electrons. The lowest BCUT2D eigenvalue weighted by Gasteiger charge is -2.34. The zero-order valence-electron chi connectivity index (χ0n) is 13.7. The normalized spacial score (nSPS) is 16.0. The number of amides is 1. The molecule has 132 valence electrons. The molecule has 0 N–H and O–H groups in total. The van der Waals surface area contributed by atoms with Gasteiger partial charge in [-0.05, 0) is 43.3 Å². The van der Waals surface area contributed by atoms with Crippen LogP contribution in [0.2, 0.25) is 0 Å². The van der Waals surface area contributed by atoms with Crippen LogP contribution in [-0.2, 0) is 10.0 Å². The van der Waals surface area contributed by atoms with Gasteiger partial charge in [-0.1, -0.05) is 0 Å². The molecule has 1 aromatic carbocycles. The van der Waals surface area contributed by atoms with Crippen molar-refractivity contribution in [3.8, 4) is 0 Å². The standard InChI is InChI=1S/C17H18FN3O3S/c1-13-2-3-14(12-19-13)17(22)20-8-10-21(11-9-20)25(23,24)16-6-4-15(18)5-7-16/h2-7,12H,8-11H2,1H3. The second-order valence-electron chi connectivity index (χ2n) is 5.84. The van der Waals surface area contributed by atoms with Crippen LogP contribution in [0.3, 0.4) is 0 Å². The summed E-state index contributed by atoms with van der Waals surface area (Å²) in [5, 5.41) is 0. The number of piperazine rings is 1. The third-order valence-corrected chi connectivity index (χ3v) is 6.05. The molecule has 0 saturated carbocycles. The molecular formula is C17H18FN3O3S. The lowest BCUT2D eigenvalue weighted by Crippen LogP contribution is -2.50. The van der Waals surface area contributed by atoms with E-state index < -0.39 is 15.8 Å². The Kier molecular flexibility index (Phi) is 4.82. The van der Waals surface area contributed by atoms with E-state index in [0.717, 1.165) is 17.8 Å². The van der Waals surface area contributed by atoms with E-state index in [9.17, 15) is 17.6 Å². The van der Waals surface area contributed by atoms with Crippen molar-refractivity contribution in [2.45, 2.75) is 11.8 Å². The second-order valence-corrected chi connectivity index (χ2v) is 7.78. The summed E-state index contributed by atoms with van der Waals surface area (Å²) in [6.07, 6.45) is 1.53. The van der Waals surface area contributed by atoms with Gasteiger partial charge in [0.25, 0.3) is 5.91 Å². The molecule has 0 unspecified atom stereocenters. The van der Waals surface area contributed by atoms with E-state index in [2.05, 4.69) is 4.98 Å². The molecule has 2 heterocycles. The smallest absolute Gasteiger partial charge is 0.255 e. The van der Waals surface area contributed by atoms with Crippen molar-refractivity contribution in [3.63, 3.8) is 0 Å². The van der Waals surface area contributed by atoms with Crippen molar-refractivity contribution >= 4 is 15.9 Å². The largest absolute Gasteiger partial charge is 0.336 e. The summed E-state index contributed by atoms with van der Waals surface area (Å²) in [7, 11) is -3.68. The highest BCUT2D eigenvalue weighted by atomic mass is 32.2. The Labute approximate surface area is 145 Å². The monoisotopic (exact) mass is 363 g/mol. The topological polar surface area (TPSA) is 70.6 Å². The predicted octanol–water partition coefficient (Wildman–Crippen LogP) is 1.68. The van der Waals surface area contributed by atoms with E-state index in [1.165, 1.54) is 22.6 Å². The van der Waals surface area contributed by atoms with E-state index in [1.54, 1.807) is 17.0 Å². The van der Waals surface area contributed by atoms with Gasteiger partial charge in [0.1, 0.15) is 5.82 Å². The van der Waals surface area contributed by atoms with Crippen LogP contribution in [0.15, 0.2) is 47.5 Å². The maximum atomic E-state index is 13.0. The molecule has 1 aromatic heterocycles. The maximum absolute atomic E-state index is 13.0. The Bertz CT molecular complexity index is 859. The quantitative estimate of drug-likeness (QED) is 0.832. The van der Waals surface area contributed by atoms with Crippen molar-refractivity contribution in [2.75, 3.05) is 26.2 Å². The van der Waals surface area contributed by atoms with Crippen molar-refractivity contribution in [1.82, 2.24) is 14.2 Å². The van der Waals surface area contributed by atoms with Gasteiger partial charge in [0.2, 0.25) is 10.0 Å². The van der Waals surface area contributed by atoms with Crippen LogP contribution in [0.25, 0.3) is 0 Å². The summed E-state index contributed by atoms with van der Waals surface area (Å²) >= 11 is 0. The van der Waals surface area contributed by atoms with E-state index in [4.69, 9.17) is 0 Å².